The van der Waals surface area contributed by atoms with Crippen molar-refractivity contribution < 1.29 is 9.47 Å². The summed E-state index contributed by atoms with van der Waals surface area (Å²) in [6.07, 6.45) is 1.97. The maximum Gasteiger partial charge on any atom is 0.213 e. The summed E-state index contributed by atoms with van der Waals surface area (Å²) in [6, 6.07) is 4.27. The van der Waals surface area contributed by atoms with E-state index in [2.05, 4.69) is 93.3 Å². The molecule has 0 spiro atoms. The zero-order valence-corrected chi connectivity index (χ0v) is 21.8. The Labute approximate surface area is 188 Å². The van der Waals surface area contributed by atoms with Gasteiger partial charge in [0.05, 0.1) is 5.60 Å². The maximum absolute atomic E-state index is 6.78. The highest BCUT2D eigenvalue weighted by Crippen LogP contribution is 2.66. The average Bonchev–Trinajstić information content (AvgIpc) is 2.92. The molecule has 0 aliphatic carbocycles. The van der Waals surface area contributed by atoms with E-state index in [4.69, 9.17) is 9.47 Å². The fourth-order valence-electron chi connectivity index (χ4n) is 4.75. The van der Waals surface area contributed by atoms with Gasteiger partial charge in [0, 0.05) is 29.4 Å². The van der Waals surface area contributed by atoms with Crippen LogP contribution in [0.15, 0.2) is 18.3 Å². The highest BCUT2D eigenvalue weighted by atomic mass is 127. The Morgan fingerprint density at radius 2 is 1.39 bits per heavy atom. The fraction of sp³-hybridized carbons (Fsp3) is 0.667. The van der Waals surface area contributed by atoms with Gasteiger partial charge in [-0.05, 0) is 55.7 Å². The molecule has 2 heterocycles. The van der Waals surface area contributed by atoms with Gasteiger partial charge in [0.15, 0.2) is 0 Å². The standard InChI is InChI=1S/C24H37NO2.HI/c1-15-12-13-17-19(16(15)2)18(14-25-17)26-24(11)22(7,8)20(3,4)21(5,6)23(9,10)27-24;/h12-14,25H,1-11H3;1H/t24-;/m1./s1. The number of nitrogens with one attached hydrogen (secondary N) is 1. The van der Waals surface area contributed by atoms with Crippen molar-refractivity contribution in [1.29, 1.82) is 0 Å². The summed E-state index contributed by atoms with van der Waals surface area (Å²) in [5.74, 6) is 0.106. The van der Waals surface area contributed by atoms with Gasteiger partial charge in [-0.1, -0.05) is 47.6 Å². The van der Waals surface area contributed by atoms with E-state index in [0.29, 0.717) is 0 Å². The van der Waals surface area contributed by atoms with Crippen LogP contribution in [0, 0.1) is 30.1 Å². The molecular formula is C24H38INO2. The minimum Gasteiger partial charge on any atom is -0.460 e. The lowest BCUT2D eigenvalue weighted by Crippen LogP contribution is -2.72. The lowest BCUT2D eigenvalue weighted by atomic mass is 9.46. The van der Waals surface area contributed by atoms with Gasteiger partial charge in [0.25, 0.3) is 0 Å². The van der Waals surface area contributed by atoms with Crippen molar-refractivity contribution in [1.82, 2.24) is 4.98 Å². The predicted molar refractivity (Wildman–Crippen MR) is 129 cm³/mol. The normalized spacial score (nSPS) is 27.2. The SMILES string of the molecule is Cc1ccc2[nH]cc(O[C@]3(C)OC(C)(C)C(C)(C)C(C)(C)C3(C)C)c2c1C.I. The molecule has 1 aromatic carbocycles. The molecule has 0 unspecified atom stereocenters. The van der Waals surface area contributed by atoms with Crippen LogP contribution in [0.4, 0.5) is 0 Å². The molecule has 1 N–H and O–H groups in total. The van der Waals surface area contributed by atoms with Gasteiger partial charge in [-0.15, -0.1) is 24.0 Å². The molecule has 0 bridgehead atoms. The van der Waals surface area contributed by atoms with Crippen molar-refractivity contribution in [3.05, 3.63) is 29.5 Å². The van der Waals surface area contributed by atoms with Gasteiger partial charge >= 0.3 is 0 Å². The van der Waals surface area contributed by atoms with Gasteiger partial charge in [-0.3, -0.25) is 0 Å². The molecule has 28 heavy (non-hydrogen) atoms. The smallest absolute Gasteiger partial charge is 0.213 e. The first-order valence-electron chi connectivity index (χ1n) is 10.1. The number of aromatic nitrogens is 1. The topological polar surface area (TPSA) is 34.2 Å². The van der Waals surface area contributed by atoms with Gasteiger partial charge in [0.1, 0.15) is 5.75 Å². The summed E-state index contributed by atoms with van der Waals surface area (Å²) in [4.78, 5) is 3.37. The van der Waals surface area contributed by atoms with Crippen molar-refractivity contribution in [2.24, 2.45) is 16.2 Å². The summed E-state index contributed by atoms with van der Waals surface area (Å²) in [6.45, 7) is 24.7. The molecule has 1 atom stereocenters. The Morgan fingerprint density at radius 3 is 1.96 bits per heavy atom. The van der Waals surface area contributed by atoms with Crippen LogP contribution in [0.2, 0.25) is 0 Å². The first-order valence-corrected chi connectivity index (χ1v) is 10.1. The minimum atomic E-state index is -0.763. The summed E-state index contributed by atoms with van der Waals surface area (Å²) in [5.41, 5.74) is 3.01. The lowest BCUT2D eigenvalue weighted by molar-refractivity contribution is -0.387. The molecule has 1 aromatic heterocycles. The zero-order valence-electron chi connectivity index (χ0n) is 19.5. The molecule has 4 heteroatoms. The second-order valence-corrected chi connectivity index (χ2v) is 10.6. The number of aromatic amines is 1. The number of hydrogen-bond acceptors (Lipinski definition) is 2. The Hall–Kier alpha value is -0.750. The molecular weight excluding hydrogens is 461 g/mol. The van der Waals surface area contributed by atoms with Crippen molar-refractivity contribution in [2.45, 2.75) is 87.5 Å². The number of benzene rings is 1. The first-order chi connectivity index (χ1) is 12.1. The van der Waals surface area contributed by atoms with E-state index in [9.17, 15) is 0 Å². The zero-order chi connectivity index (χ0) is 20.6. The molecule has 0 saturated carbocycles. The van der Waals surface area contributed by atoms with Crippen LogP contribution in [-0.2, 0) is 4.74 Å². The van der Waals surface area contributed by atoms with Crippen LogP contribution in [0.1, 0.15) is 73.4 Å². The quantitative estimate of drug-likeness (QED) is 0.438. The minimum absolute atomic E-state index is 0. The molecule has 0 amide bonds. The van der Waals surface area contributed by atoms with Crippen molar-refractivity contribution >= 4 is 34.9 Å². The lowest BCUT2D eigenvalue weighted by Gasteiger charge is -2.68. The first kappa shape index (κ1) is 23.5. The number of ether oxygens (including phenoxy) is 2. The maximum atomic E-state index is 6.78. The molecule has 2 aromatic rings. The number of H-pyrrole nitrogens is 1. The van der Waals surface area contributed by atoms with Crippen LogP contribution in [0.5, 0.6) is 5.75 Å². The van der Waals surface area contributed by atoms with E-state index >= 15 is 0 Å². The fourth-order valence-corrected chi connectivity index (χ4v) is 4.75. The summed E-state index contributed by atoms with van der Waals surface area (Å²) >= 11 is 0. The van der Waals surface area contributed by atoms with E-state index in [0.717, 1.165) is 16.7 Å². The van der Waals surface area contributed by atoms with Crippen LogP contribution in [-0.4, -0.2) is 16.4 Å². The van der Waals surface area contributed by atoms with Crippen molar-refractivity contribution in [3.63, 3.8) is 0 Å². The van der Waals surface area contributed by atoms with Gasteiger partial charge in [-0.25, -0.2) is 0 Å². The van der Waals surface area contributed by atoms with E-state index < -0.39 is 5.79 Å². The number of fused-ring (bicyclic) bond motifs is 1. The Kier molecular flexibility index (Phi) is 5.57. The highest BCUT2D eigenvalue weighted by molar-refractivity contribution is 14.0. The van der Waals surface area contributed by atoms with Crippen LogP contribution < -0.4 is 4.74 Å². The molecule has 3 rings (SSSR count). The third-order valence-corrected chi connectivity index (χ3v) is 8.86. The number of aryl methyl sites for hydroxylation is 2. The van der Waals surface area contributed by atoms with Crippen LogP contribution in [0.3, 0.4) is 0 Å². The molecule has 3 nitrogen and oxygen atoms in total. The monoisotopic (exact) mass is 499 g/mol. The van der Waals surface area contributed by atoms with Gasteiger partial charge < -0.3 is 14.5 Å². The van der Waals surface area contributed by atoms with E-state index in [1.807, 2.05) is 6.20 Å². The Bertz CT molecular complexity index is 891. The average molecular weight is 499 g/mol. The molecule has 1 aliphatic heterocycles. The molecule has 1 fully saturated rings. The second kappa shape index (κ2) is 6.63. The largest absolute Gasteiger partial charge is 0.460 e. The Morgan fingerprint density at radius 1 is 0.821 bits per heavy atom. The third-order valence-electron chi connectivity index (χ3n) is 8.86. The number of halogens is 1. The summed E-state index contributed by atoms with van der Waals surface area (Å²) in [7, 11) is 0. The molecule has 1 aliphatic rings. The van der Waals surface area contributed by atoms with Crippen LogP contribution >= 0.6 is 24.0 Å². The molecule has 158 valence electrons. The second-order valence-electron chi connectivity index (χ2n) is 10.6. The Balaban J connectivity index is 0.00000280. The van der Waals surface area contributed by atoms with Crippen molar-refractivity contribution in [2.75, 3.05) is 0 Å². The summed E-state index contributed by atoms with van der Waals surface area (Å²) in [5, 5.41) is 1.15. The number of rotatable bonds is 2. The highest BCUT2D eigenvalue weighted by Gasteiger charge is 2.68. The predicted octanol–water partition coefficient (Wildman–Crippen LogP) is 7.39. The number of hydrogen-bond donors (Lipinski definition) is 1. The third kappa shape index (κ3) is 2.84. The van der Waals surface area contributed by atoms with E-state index in [1.54, 1.807) is 0 Å². The van der Waals surface area contributed by atoms with E-state index in [1.165, 1.54) is 11.1 Å². The van der Waals surface area contributed by atoms with Crippen LogP contribution in [0.25, 0.3) is 10.9 Å². The molecule has 1 saturated heterocycles. The summed E-state index contributed by atoms with van der Waals surface area (Å²) < 4.78 is 13.5. The van der Waals surface area contributed by atoms with Gasteiger partial charge in [0.2, 0.25) is 5.79 Å². The van der Waals surface area contributed by atoms with E-state index in [-0.39, 0.29) is 45.8 Å². The van der Waals surface area contributed by atoms with Gasteiger partial charge in [-0.2, -0.15) is 0 Å². The van der Waals surface area contributed by atoms with Crippen molar-refractivity contribution in [3.8, 4) is 5.75 Å². The molecule has 0 radical (unpaired) electrons.